The van der Waals surface area contributed by atoms with Crippen LogP contribution in [0.2, 0.25) is 0 Å². The molecule has 0 aliphatic heterocycles. The molecule has 0 aliphatic carbocycles. The van der Waals surface area contributed by atoms with Gasteiger partial charge in [0.2, 0.25) is 0 Å². The molecule has 0 aliphatic rings. The molecule has 2 nitrogen and oxygen atoms in total. The highest BCUT2D eigenvalue weighted by molar-refractivity contribution is 14.1. The van der Waals surface area contributed by atoms with Gasteiger partial charge in [-0.1, -0.05) is 0 Å². The van der Waals surface area contributed by atoms with Gasteiger partial charge in [0.1, 0.15) is 15.1 Å². The van der Waals surface area contributed by atoms with E-state index in [2.05, 4.69) is 4.98 Å². The largest absolute Gasteiger partial charge is 0.506 e. The Hall–Kier alpha value is -0.530. The zero-order valence-corrected chi connectivity index (χ0v) is 7.72. The summed E-state index contributed by atoms with van der Waals surface area (Å²) in [5.74, 6) is -1.62. The van der Waals surface area contributed by atoms with Gasteiger partial charge in [0, 0.05) is 6.07 Å². The van der Waals surface area contributed by atoms with Crippen LogP contribution in [0.4, 0.5) is 13.2 Å². The maximum absolute atomic E-state index is 12.5. The van der Waals surface area contributed by atoms with Crippen molar-refractivity contribution in [2.75, 3.05) is 0 Å². The summed E-state index contributed by atoms with van der Waals surface area (Å²) >= 11 is 1.47. The maximum Gasteiger partial charge on any atom is 0.284 e. The van der Waals surface area contributed by atoms with Gasteiger partial charge in [0.25, 0.3) is 6.43 Å². The average Bonchev–Trinajstić information content (AvgIpc) is 1.96. The molecule has 0 unspecified atom stereocenters. The summed E-state index contributed by atoms with van der Waals surface area (Å²) in [5.41, 5.74) is -0.791. The molecule has 0 bridgehead atoms. The number of halogens is 4. The molecule has 12 heavy (non-hydrogen) atoms. The highest BCUT2D eigenvalue weighted by Gasteiger charge is 2.17. The van der Waals surface area contributed by atoms with E-state index in [1.54, 1.807) is 0 Å². The number of nitrogens with zero attached hydrogens (tertiary/aromatic N) is 1. The van der Waals surface area contributed by atoms with Crippen LogP contribution in [0.3, 0.4) is 0 Å². The molecule has 0 saturated carbocycles. The molecule has 0 radical (unpaired) electrons. The van der Waals surface area contributed by atoms with Crippen molar-refractivity contribution in [1.82, 2.24) is 4.98 Å². The number of rotatable bonds is 1. The first kappa shape index (κ1) is 9.56. The molecule has 6 heteroatoms. The Kier molecular flexibility index (Phi) is 2.76. The number of pyridine rings is 1. The van der Waals surface area contributed by atoms with Gasteiger partial charge in [0.05, 0.1) is 0 Å². The van der Waals surface area contributed by atoms with Crippen molar-refractivity contribution in [3.8, 4) is 5.75 Å². The topological polar surface area (TPSA) is 33.1 Å². The minimum Gasteiger partial charge on any atom is -0.506 e. The summed E-state index contributed by atoms with van der Waals surface area (Å²) in [6.07, 6.45) is -2.89. The van der Waals surface area contributed by atoms with E-state index in [0.29, 0.717) is 6.07 Å². The molecular weight excluding hydrogens is 286 g/mol. The van der Waals surface area contributed by atoms with E-state index in [1.165, 1.54) is 22.6 Å². The molecule has 1 aromatic rings. The second-order valence-electron chi connectivity index (χ2n) is 1.97. The van der Waals surface area contributed by atoms with Crippen LogP contribution >= 0.6 is 22.6 Å². The van der Waals surface area contributed by atoms with Gasteiger partial charge in [-0.25, -0.2) is 18.2 Å². The Morgan fingerprint density at radius 2 is 2.08 bits per heavy atom. The van der Waals surface area contributed by atoms with Crippen molar-refractivity contribution in [2.45, 2.75) is 6.43 Å². The van der Waals surface area contributed by atoms with Gasteiger partial charge in [-0.2, -0.15) is 0 Å². The van der Waals surface area contributed by atoms with Crippen LogP contribution in [0.1, 0.15) is 12.1 Å². The third kappa shape index (κ3) is 1.79. The molecule has 66 valence electrons. The number of hydrogen-bond acceptors (Lipinski definition) is 2. The molecule has 0 atom stereocenters. The first-order valence-corrected chi connectivity index (χ1v) is 3.93. The minimum atomic E-state index is -2.89. The Morgan fingerprint density at radius 3 is 2.58 bits per heavy atom. The molecule has 0 fully saturated rings. The summed E-state index contributed by atoms with van der Waals surface area (Å²) in [5, 5.41) is 8.80. The fourth-order valence-electron chi connectivity index (χ4n) is 0.631. The van der Waals surface area contributed by atoms with Gasteiger partial charge in [-0.15, -0.1) is 0 Å². The number of aromatic hydroxyl groups is 1. The first-order chi connectivity index (χ1) is 5.52. The van der Waals surface area contributed by atoms with Gasteiger partial charge >= 0.3 is 0 Å². The summed E-state index contributed by atoms with van der Waals surface area (Å²) in [7, 11) is 0. The first-order valence-electron chi connectivity index (χ1n) is 2.85. The van der Waals surface area contributed by atoms with Crippen molar-refractivity contribution in [3.05, 3.63) is 21.3 Å². The van der Waals surface area contributed by atoms with Gasteiger partial charge in [0.15, 0.2) is 5.82 Å². The zero-order chi connectivity index (χ0) is 9.30. The molecule has 0 spiro atoms. The van der Waals surface area contributed by atoms with Crippen molar-refractivity contribution in [1.29, 1.82) is 0 Å². The van der Waals surface area contributed by atoms with Crippen LogP contribution < -0.4 is 0 Å². The normalized spacial score (nSPS) is 10.8. The highest BCUT2D eigenvalue weighted by Crippen LogP contribution is 2.27. The van der Waals surface area contributed by atoms with E-state index in [0.717, 1.165) is 0 Å². The van der Waals surface area contributed by atoms with Crippen LogP contribution in [-0.2, 0) is 0 Å². The van der Waals surface area contributed by atoms with Crippen LogP contribution in [0.5, 0.6) is 5.75 Å². The predicted molar refractivity (Wildman–Crippen MR) is 43.5 cm³/mol. The quantitative estimate of drug-likeness (QED) is 0.636. The maximum atomic E-state index is 12.5. The predicted octanol–water partition coefficient (Wildman–Crippen LogP) is 2.47. The van der Waals surface area contributed by atoms with Crippen molar-refractivity contribution in [2.24, 2.45) is 0 Å². The highest BCUT2D eigenvalue weighted by atomic mass is 127. The molecule has 0 amide bonds. The third-order valence-corrected chi connectivity index (χ3v) is 1.90. The van der Waals surface area contributed by atoms with Gasteiger partial charge in [-0.05, 0) is 22.6 Å². The number of alkyl halides is 2. The van der Waals surface area contributed by atoms with Crippen LogP contribution in [0, 0.1) is 9.52 Å². The number of hydrogen-bond donors (Lipinski definition) is 1. The molecule has 0 saturated heterocycles. The second kappa shape index (κ2) is 3.46. The fourth-order valence-corrected chi connectivity index (χ4v) is 1.05. The third-order valence-electron chi connectivity index (χ3n) is 1.15. The van der Waals surface area contributed by atoms with E-state index in [-0.39, 0.29) is 3.70 Å². The summed E-state index contributed by atoms with van der Waals surface area (Å²) < 4.78 is 36.4. The van der Waals surface area contributed by atoms with E-state index in [9.17, 15) is 13.2 Å². The number of aromatic nitrogens is 1. The van der Waals surface area contributed by atoms with Gasteiger partial charge < -0.3 is 5.11 Å². The van der Waals surface area contributed by atoms with E-state index >= 15 is 0 Å². The monoisotopic (exact) mass is 289 g/mol. The Morgan fingerprint density at radius 1 is 1.50 bits per heavy atom. The summed E-state index contributed by atoms with van der Waals surface area (Å²) in [6.45, 7) is 0. The van der Waals surface area contributed by atoms with E-state index < -0.39 is 23.7 Å². The lowest BCUT2D eigenvalue weighted by Crippen LogP contribution is -1.96. The lowest BCUT2D eigenvalue weighted by atomic mass is 10.3. The van der Waals surface area contributed by atoms with Crippen LogP contribution in [0.15, 0.2) is 6.07 Å². The van der Waals surface area contributed by atoms with Crippen molar-refractivity contribution < 1.29 is 18.3 Å². The van der Waals surface area contributed by atoms with Gasteiger partial charge in [-0.3, -0.25) is 0 Å². The fraction of sp³-hybridized carbons (Fsp3) is 0.167. The Balaban J connectivity index is 3.23. The Labute approximate surface area is 79.6 Å². The van der Waals surface area contributed by atoms with Crippen LogP contribution in [0.25, 0.3) is 0 Å². The molecular formula is C6H3F3INO. The molecule has 1 aromatic heterocycles. The second-order valence-corrected chi connectivity index (χ2v) is 2.99. The standard InChI is InChI=1S/C6H3F3INO/c7-2-1-3(12)4(5(8)9)11-6(2)10/h1,5,12H. The van der Waals surface area contributed by atoms with Crippen molar-refractivity contribution >= 4 is 22.6 Å². The minimum absolute atomic E-state index is 0.180. The zero-order valence-electron chi connectivity index (χ0n) is 5.56. The SMILES string of the molecule is Oc1cc(F)c(I)nc1C(F)F. The molecule has 1 N–H and O–H groups in total. The average molecular weight is 289 g/mol. The van der Waals surface area contributed by atoms with Crippen molar-refractivity contribution in [3.63, 3.8) is 0 Å². The van der Waals surface area contributed by atoms with E-state index in [4.69, 9.17) is 5.11 Å². The smallest absolute Gasteiger partial charge is 0.284 e. The molecule has 1 rings (SSSR count). The van der Waals surface area contributed by atoms with E-state index in [1.807, 2.05) is 0 Å². The summed E-state index contributed by atoms with van der Waals surface area (Å²) in [4.78, 5) is 3.18. The summed E-state index contributed by atoms with van der Waals surface area (Å²) in [6, 6.07) is 0.621. The molecule has 1 heterocycles. The molecule has 0 aromatic carbocycles. The lowest BCUT2D eigenvalue weighted by Gasteiger charge is -2.02. The van der Waals surface area contributed by atoms with Crippen LogP contribution in [-0.4, -0.2) is 10.1 Å². The lowest BCUT2D eigenvalue weighted by molar-refractivity contribution is 0.141. The Bertz CT molecular complexity index is 305.